The standard InChI is InChI=1S/C43H44F5N5O5.C4H6O6/c1-27(2)57-41(56)42(3,4)51-22-19-33(20-23-51)52(25-28-7-9-29(10-8-28)30-12-16-34(17-13-30)58-43(46,47)48)38(54)26-53-37(18-14-31-11-15-32(44)24-36(31)45)50-40(55)35-6-5-21-49-39(35)53;5-1(3(7)8)2(6)4(9)10/h5-13,15-17,21,24,27,33H,14,18-20,22-23,25-26H2,1-4H3;1-2,5-6H,(H,7,8)(H,9,10). The Morgan fingerprint density at radius 2 is 1.44 bits per heavy atom. The first-order valence-corrected chi connectivity index (χ1v) is 21.3. The maximum absolute atomic E-state index is 14.7. The van der Waals surface area contributed by atoms with Crippen LogP contribution in [0.2, 0.25) is 0 Å². The lowest BCUT2D eigenvalue weighted by molar-refractivity contribution is -0.274. The largest absolute Gasteiger partial charge is 0.573 e. The highest BCUT2D eigenvalue weighted by Gasteiger charge is 2.40. The average molecular weight is 956 g/mol. The van der Waals surface area contributed by atoms with Gasteiger partial charge in [0.2, 0.25) is 5.91 Å². The van der Waals surface area contributed by atoms with Crippen molar-refractivity contribution in [1.29, 1.82) is 0 Å². The van der Waals surface area contributed by atoms with E-state index in [4.69, 9.17) is 25.2 Å². The molecule has 0 spiro atoms. The topological polar surface area (TPSA) is 222 Å². The molecule has 2 atom stereocenters. The number of aryl methyl sites for hydroxylation is 2. The quantitative estimate of drug-likeness (QED) is 0.0707. The molecule has 1 aliphatic rings. The van der Waals surface area contributed by atoms with Crippen molar-refractivity contribution in [2.24, 2.45) is 0 Å². The third-order valence-corrected chi connectivity index (χ3v) is 11.1. The summed E-state index contributed by atoms with van der Waals surface area (Å²) in [5.41, 5.74) is 1.19. The van der Waals surface area contributed by atoms with E-state index in [1.54, 1.807) is 35.4 Å². The normalized spacial score (nSPS) is 14.4. The number of carbonyl (C=O) groups excluding carboxylic acids is 2. The smallest absolute Gasteiger partial charge is 0.479 e. The second-order valence-electron chi connectivity index (χ2n) is 16.6. The zero-order valence-corrected chi connectivity index (χ0v) is 37.3. The van der Waals surface area contributed by atoms with Gasteiger partial charge in [-0.3, -0.25) is 19.3 Å². The summed E-state index contributed by atoms with van der Waals surface area (Å²) < 4.78 is 77.4. The number of aliphatic hydroxyl groups is 2. The third kappa shape index (κ3) is 13.6. The minimum absolute atomic E-state index is 0.0578. The van der Waals surface area contributed by atoms with E-state index in [0.29, 0.717) is 31.5 Å². The van der Waals surface area contributed by atoms with Crippen molar-refractivity contribution in [2.45, 2.75) is 103 Å². The van der Waals surface area contributed by atoms with Crippen molar-refractivity contribution in [3.8, 4) is 16.9 Å². The number of ether oxygens (including phenoxy) is 2. The maximum Gasteiger partial charge on any atom is 0.573 e. The number of amides is 1. The average Bonchev–Trinajstić information content (AvgIpc) is 3.28. The molecule has 0 saturated carbocycles. The molecule has 4 N–H and O–H groups in total. The summed E-state index contributed by atoms with van der Waals surface area (Å²) in [5.74, 6) is -5.75. The van der Waals surface area contributed by atoms with Gasteiger partial charge in [0, 0.05) is 44.4 Å². The maximum atomic E-state index is 14.7. The Balaban J connectivity index is 0.000000775. The van der Waals surface area contributed by atoms with Crippen LogP contribution in [0.4, 0.5) is 22.0 Å². The van der Waals surface area contributed by atoms with Gasteiger partial charge in [-0.2, -0.15) is 4.98 Å². The molecular weight excluding hydrogens is 906 g/mol. The SMILES string of the molecule is CC(C)OC(=O)C(C)(C)N1CCC(N(Cc2ccc(-c3ccc(OC(F)(F)F)cc3)cc2)C(=O)Cn2c(CCc3ccc(F)cc3F)nc(=O)c3cccnc32)CC1.O=C(O)C(O)C(O)C(=O)O. The molecule has 2 aromatic heterocycles. The predicted molar refractivity (Wildman–Crippen MR) is 234 cm³/mol. The third-order valence-electron chi connectivity index (χ3n) is 11.1. The van der Waals surface area contributed by atoms with Crippen molar-refractivity contribution < 1.29 is 71.0 Å². The number of rotatable bonds is 16. The van der Waals surface area contributed by atoms with E-state index in [-0.39, 0.29) is 78.1 Å². The second-order valence-corrected chi connectivity index (χ2v) is 16.6. The Morgan fingerprint density at radius 1 is 0.853 bits per heavy atom. The summed E-state index contributed by atoms with van der Waals surface area (Å²) in [7, 11) is 0. The number of hydrogen-bond acceptors (Lipinski definition) is 12. The van der Waals surface area contributed by atoms with Crippen molar-refractivity contribution in [1.82, 2.24) is 24.3 Å². The van der Waals surface area contributed by atoms with Gasteiger partial charge in [0.25, 0.3) is 5.56 Å². The fourth-order valence-corrected chi connectivity index (χ4v) is 7.46. The number of hydrogen-bond donors (Lipinski definition) is 4. The number of esters is 1. The van der Waals surface area contributed by atoms with Gasteiger partial charge < -0.3 is 39.4 Å². The predicted octanol–water partition coefficient (Wildman–Crippen LogP) is 5.52. The zero-order valence-electron chi connectivity index (χ0n) is 37.3. The number of aliphatic carboxylic acids is 2. The number of carboxylic acid groups (broad SMARTS) is 2. The van der Waals surface area contributed by atoms with Gasteiger partial charge >= 0.3 is 24.3 Å². The van der Waals surface area contributed by atoms with E-state index in [0.717, 1.165) is 23.3 Å². The summed E-state index contributed by atoms with van der Waals surface area (Å²) in [6.07, 6.45) is -6.91. The van der Waals surface area contributed by atoms with Crippen LogP contribution in [0.15, 0.2) is 89.9 Å². The molecule has 364 valence electrons. The van der Waals surface area contributed by atoms with Crippen LogP contribution in [0.25, 0.3) is 22.2 Å². The number of aromatic nitrogens is 3. The lowest BCUT2D eigenvalue weighted by Crippen LogP contribution is -2.57. The molecule has 3 heterocycles. The van der Waals surface area contributed by atoms with Crippen molar-refractivity contribution in [3.05, 3.63) is 124 Å². The number of piperidine rings is 1. The van der Waals surface area contributed by atoms with Crippen molar-refractivity contribution in [3.63, 3.8) is 0 Å². The first-order valence-electron chi connectivity index (χ1n) is 21.3. The highest BCUT2D eigenvalue weighted by Crippen LogP contribution is 2.29. The molecule has 68 heavy (non-hydrogen) atoms. The second kappa shape index (κ2) is 22.3. The molecule has 0 aliphatic carbocycles. The number of aliphatic hydroxyl groups excluding tert-OH is 2. The first-order chi connectivity index (χ1) is 31.9. The fourth-order valence-electron chi connectivity index (χ4n) is 7.46. The Kier molecular flexibility index (Phi) is 17.1. The van der Waals surface area contributed by atoms with Crippen LogP contribution < -0.4 is 10.3 Å². The molecule has 6 rings (SSSR count). The number of halogens is 5. The monoisotopic (exact) mass is 955 g/mol. The van der Waals surface area contributed by atoms with E-state index in [9.17, 15) is 45.9 Å². The van der Waals surface area contributed by atoms with Gasteiger partial charge in [-0.25, -0.2) is 23.4 Å². The Morgan fingerprint density at radius 3 is 1.99 bits per heavy atom. The summed E-state index contributed by atoms with van der Waals surface area (Å²) in [6.45, 7) is 8.17. The molecule has 1 aliphatic heterocycles. The molecule has 21 heteroatoms. The van der Waals surface area contributed by atoms with E-state index in [2.05, 4.69) is 14.7 Å². The fraction of sp³-hybridized carbons (Fsp3) is 0.383. The summed E-state index contributed by atoms with van der Waals surface area (Å²) >= 11 is 0. The zero-order chi connectivity index (χ0) is 50.1. The number of carboxylic acids is 2. The van der Waals surface area contributed by atoms with Crippen LogP contribution in [0.3, 0.4) is 0 Å². The number of carbonyl (C=O) groups is 4. The number of fused-ring (bicyclic) bond motifs is 1. The van der Waals surface area contributed by atoms with E-state index >= 15 is 0 Å². The Hall–Kier alpha value is -6.84. The van der Waals surface area contributed by atoms with E-state index in [1.165, 1.54) is 36.5 Å². The number of pyridine rings is 1. The number of nitrogens with zero attached hydrogens (tertiary/aromatic N) is 5. The molecule has 2 unspecified atom stereocenters. The van der Waals surface area contributed by atoms with Gasteiger partial charge in [0.1, 0.15) is 40.9 Å². The Bertz CT molecular complexity index is 2620. The van der Waals surface area contributed by atoms with Gasteiger partial charge in [-0.05, 0) is 99.5 Å². The van der Waals surface area contributed by atoms with Crippen LogP contribution in [0, 0.1) is 11.6 Å². The molecule has 0 radical (unpaired) electrons. The van der Waals surface area contributed by atoms with E-state index < -0.39 is 53.2 Å². The van der Waals surface area contributed by atoms with Crippen molar-refractivity contribution in [2.75, 3.05) is 13.1 Å². The number of likely N-dealkylation sites (tertiary alicyclic amines) is 1. The summed E-state index contributed by atoms with van der Waals surface area (Å²) in [6, 6.07) is 19.0. The molecule has 5 aromatic rings. The van der Waals surface area contributed by atoms with Crippen LogP contribution >= 0.6 is 0 Å². The van der Waals surface area contributed by atoms with Crippen molar-refractivity contribution >= 4 is 34.8 Å². The summed E-state index contributed by atoms with van der Waals surface area (Å²) in [5, 5.41) is 32.7. The molecule has 16 nitrogen and oxygen atoms in total. The lowest BCUT2D eigenvalue weighted by atomic mass is 9.95. The first kappa shape index (κ1) is 52.1. The van der Waals surface area contributed by atoms with Gasteiger partial charge in [-0.15, -0.1) is 13.2 Å². The van der Waals surface area contributed by atoms with Crippen LogP contribution in [0.1, 0.15) is 57.5 Å². The van der Waals surface area contributed by atoms with Crippen LogP contribution in [-0.2, 0) is 49.8 Å². The highest BCUT2D eigenvalue weighted by molar-refractivity contribution is 5.83. The molecule has 1 fully saturated rings. The van der Waals surface area contributed by atoms with Gasteiger partial charge in [-0.1, -0.05) is 42.5 Å². The van der Waals surface area contributed by atoms with Gasteiger partial charge in [0.15, 0.2) is 12.2 Å². The Labute approximate surface area is 386 Å². The molecular formula is C47H50F5N5O11. The summed E-state index contributed by atoms with van der Waals surface area (Å²) in [4.78, 5) is 72.9. The molecule has 1 saturated heterocycles. The van der Waals surface area contributed by atoms with Crippen LogP contribution in [0.5, 0.6) is 5.75 Å². The number of benzene rings is 3. The number of alkyl halides is 3. The molecule has 0 bridgehead atoms. The highest BCUT2D eigenvalue weighted by atomic mass is 19.4. The minimum atomic E-state index is -4.80. The van der Waals surface area contributed by atoms with Gasteiger partial charge in [0.05, 0.1) is 11.5 Å². The minimum Gasteiger partial charge on any atom is -0.479 e. The molecule has 1 amide bonds. The van der Waals surface area contributed by atoms with Crippen LogP contribution in [-0.4, -0.2) is 118 Å². The lowest BCUT2D eigenvalue weighted by Gasteiger charge is -2.44. The molecule has 3 aromatic carbocycles. The van der Waals surface area contributed by atoms with E-state index in [1.807, 2.05) is 43.0 Å².